The number of hydrogen-bond donors (Lipinski definition) is 0. The molecule has 0 unspecified atom stereocenters. The number of aromatic nitrogens is 2. The summed E-state index contributed by atoms with van der Waals surface area (Å²) in [5.74, 6) is 0.782. The quantitative estimate of drug-likeness (QED) is 0.667. The molecule has 0 saturated carbocycles. The van der Waals surface area contributed by atoms with Crippen molar-refractivity contribution >= 4 is 17.4 Å². The van der Waals surface area contributed by atoms with Crippen LogP contribution in [0.5, 0.6) is 0 Å². The van der Waals surface area contributed by atoms with Crippen molar-refractivity contribution in [3.05, 3.63) is 77.7 Å². The number of rotatable bonds is 3. The van der Waals surface area contributed by atoms with Crippen LogP contribution in [0.3, 0.4) is 0 Å². The van der Waals surface area contributed by atoms with Crippen molar-refractivity contribution < 1.29 is 4.74 Å². The van der Waals surface area contributed by atoms with Gasteiger partial charge in [0.1, 0.15) is 12.5 Å². The summed E-state index contributed by atoms with van der Waals surface area (Å²) >= 11 is 5.92. The van der Waals surface area contributed by atoms with Crippen LogP contribution in [0.2, 0.25) is 5.28 Å². The second-order valence-electron chi connectivity index (χ2n) is 5.66. The number of nitrogens with zero attached hydrogens (tertiary/aromatic N) is 3. The highest BCUT2D eigenvalue weighted by atomic mass is 35.5. The topological polar surface area (TPSA) is 38.2 Å². The van der Waals surface area contributed by atoms with Crippen LogP contribution in [-0.4, -0.2) is 23.3 Å². The molecular formula is C19H16ClN3O. The zero-order valence-electron chi connectivity index (χ0n) is 13.0. The van der Waals surface area contributed by atoms with E-state index in [1.165, 1.54) is 16.7 Å². The Labute approximate surface area is 145 Å². The predicted molar refractivity (Wildman–Crippen MR) is 95.0 cm³/mol. The van der Waals surface area contributed by atoms with Crippen molar-refractivity contribution in [2.75, 3.05) is 18.2 Å². The molecule has 0 radical (unpaired) electrons. The fourth-order valence-corrected chi connectivity index (χ4v) is 3.10. The molecular weight excluding hydrogens is 322 g/mol. The van der Waals surface area contributed by atoms with Crippen LogP contribution >= 0.6 is 11.6 Å². The second-order valence-corrected chi connectivity index (χ2v) is 6.00. The third-order valence-electron chi connectivity index (χ3n) is 4.19. The summed E-state index contributed by atoms with van der Waals surface area (Å²) < 4.78 is 5.66. The standard InChI is InChI=1S/C19H16ClN3O/c20-19-21-11-10-18(22-19)23-13-24-12-17(23)16-8-6-15(7-9-16)14-4-2-1-3-5-14/h1-11,17H,12-13H2/t17-/m1/s1. The Hall–Kier alpha value is -2.43. The highest BCUT2D eigenvalue weighted by Gasteiger charge is 2.28. The molecule has 1 saturated heterocycles. The third kappa shape index (κ3) is 2.98. The van der Waals surface area contributed by atoms with E-state index in [2.05, 4.69) is 63.4 Å². The van der Waals surface area contributed by atoms with Crippen molar-refractivity contribution in [1.82, 2.24) is 9.97 Å². The SMILES string of the molecule is Clc1nccc(N2COC[C@@H]2c2ccc(-c3ccccc3)cc2)n1. The molecule has 1 atom stereocenters. The van der Waals surface area contributed by atoms with E-state index in [0.717, 1.165) is 5.82 Å². The fraction of sp³-hybridized carbons (Fsp3) is 0.158. The minimum absolute atomic E-state index is 0.126. The van der Waals surface area contributed by atoms with Crippen molar-refractivity contribution in [2.45, 2.75) is 6.04 Å². The van der Waals surface area contributed by atoms with Gasteiger partial charge in [-0.3, -0.25) is 0 Å². The van der Waals surface area contributed by atoms with Crippen molar-refractivity contribution in [2.24, 2.45) is 0 Å². The maximum Gasteiger partial charge on any atom is 0.224 e. The fourth-order valence-electron chi connectivity index (χ4n) is 2.96. The van der Waals surface area contributed by atoms with Gasteiger partial charge in [0, 0.05) is 6.20 Å². The average molecular weight is 338 g/mol. The molecule has 0 amide bonds. The van der Waals surface area contributed by atoms with Crippen molar-refractivity contribution in [1.29, 1.82) is 0 Å². The molecule has 1 fully saturated rings. The van der Waals surface area contributed by atoms with Crippen LogP contribution in [0.1, 0.15) is 11.6 Å². The molecule has 0 aliphatic carbocycles. The zero-order valence-corrected chi connectivity index (χ0v) is 13.7. The predicted octanol–water partition coefficient (Wildman–Crippen LogP) is 4.33. The van der Waals surface area contributed by atoms with Crippen LogP contribution in [-0.2, 0) is 4.74 Å². The maximum atomic E-state index is 5.92. The van der Waals surface area contributed by atoms with Crippen molar-refractivity contribution in [3.63, 3.8) is 0 Å². The first-order valence-corrected chi connectivity index (χ1v) is 8.17. The van der Waals surface area contributed by atoms with E-state index in [9.17, 15) is 0 Å². The summed E-state index contributed by atoms with van der Waals surface area (Å²) in [5.41, 5.74) is 3.61. The first kappa shape index (κ1) is 15.1. The van der Waals surface area contributed by atoms with Gasteiger partial charge in [0.15, 0.2) is 0 Å². The Morgan fingerprint density at radius 2 is 1.71 bits per heavy atom. The molecule has 1 aromatic heterocycles. The maximum absolute atomic E-state index is 5.92. The highest BCUT2D eigenvalue weighted by Crippen LogP contribution is 2.31. The van der Waals surface area contributed by atoms with Crippen LogP contribution in [0.4, 0.5) is 5.82 Å². The van der Waals surface area contributed by atoms with Crippen molar-refractivity contribution in [3.8, 4) is 11.1 Å². The van der Waals surface area contributed by atoms with E-state index in [-0.39, 0.29) is 11.3 Å². The van der Waals surface area contributed by atoms with Crippen LogP contribution in [0, 0.1) is 0 Å². The van der Waals surface area contributed by atoms with E-state index in [1.807, 2.05) is 12.1 Å². The third-order valence-corrected chi connectivity index (χ3v) is 4.37. The number of hydrogen-bond acceptors (Lipinski definition) is 4. The van der Waals surface area contributed by atoms with Crippen LogP contribution < -0.4 is 4.90 Å². The molecule has 5 heteroatoms. The Morgan fingerprint density at radius 1 is 0.958 bits per heavy atom. The molecule has 2 aromatic carbocycles. The van der Waals surface area contributed by atoms with E-state index in [1.54, 1.807) is 6.20 Å². The van der Waals surface area contributed by atoms with Gasteiger partial charge in [-0.2, -0.15) is 0 Å². The lowest BCUT2D eigenvalue weighted by Crippen LogP contribution is -2.24. The van der Waals surface area contributed by atoms with E-state index >= 15 is 0 Å². The summed E-state index contributed by atoms with van der Waals surface area (Å²) in [6.07, 6.45) is 1.67. The molecule has 2 heterocycles. The number of benzene rings is 2. The van der Waals surface area contributed by atoms with E-state index < -0.39 is 0 Å². The molecule has 0 bridgehead atoms. The normalized spacial score (nSPS) is 17.2. The lowest BCUT2D eigenvalue weighted by Gasteiger charge is -2.23. The van der Waals surface area contributed by atoms with Gasteiger partial charge in [0.2, 0.25) is 5.28 Å². The summed E-state index contributed by atoms with van der Waals surface area (Å²) in [4.78, 5) is 10.3. The monoisotopic (exact) mass is 337 g/mol. The largest absolute Gasteiger partial charge is 0.359 e. The lowest BCUT2D eigenvalue weighted by molar-refractivity contribution is 0.194. The van der Waals surface area contributed by atoms with Crippen LogP contribution in [0.25, 0.3) is 11.1 Å². The molecule has 4 rings (SSSR count). The summed E-state index contributed by atoms with van der Waals surface area (Å²) in [6, 6.07) is 20.9. The average Bonchev–Trinajstić information content (AvgIpc) is 3.12. The molecule has 1 aliphatic heterocycles. The van der Waals surface area contributed by atoms with Gasteiger partial charge in [-0.05, 0) is 34.4 Å². The first-order chi connectivity index (χ1) is 11.8. The second kappa shape index (κ2) is 6.59. The minimum Gasteiger partial charge on any atom is -0.359 e. The van der Waals surface area contributed by atoms with Gasteiger partial charge in [-0.25, -0.2) is 9.97 Å². The minimum atomic E-state index is 0.126. The lowest BCUT2D eigenvalue weighted by atomic mass is 10.0. The van der Waals surface area contributed by atoms with Gasteiger partial charge >= 0.3 is 0 Å². The Kier molecular flexibility index (Phi) is 4.15. The molecule has 120 valence electrons. The molecule has 0 N–H and O–H groups in total. The first-order valence-electron chi connectivity index (χ1n) is 7.79. The number of ether oxygens (including phenoxy) is 1. The molecule has 0 spiro atoms. The van der Waals surface area contributed by atoms with Gasteiger partial charge in [-0.15, -0.1) is 0 Å². The van der Waals surface area contributed by atoms with Gasteiger partial charge in [-0.1, -0.05) is 54.6 Å². The zero-order chi connectivity index (χ0) is 16.4. The van der Waals surface area contributed by atoms with Gasteiger partial charge < -0.3 is 9.64 Å². The van der Waals surface area contributed by atoms with Crippen LogP contribution in [0.15, 0.2) is 66.9 Å². The highest BCUT2D eigenvalue weighted by molar-refractivity contribution is 6.28. The van der Waals surface area contributed by atoms with E-state index in [0.29, 0.717) is 13.3 Å². The van der Waals surface area contributed by atoms with Gasteiger partial charge in [0.25, 0.3) is 0 Å². The summed E-state index contributed by atoms with van der Waals surface area (Å²) in [7, 11) is 0. The molecule has 4 nitrogen and oxygen atoms in total. The molecule has 24 heavy (non-hydrogen) atoms. The van der Waals surface area contributed by atoms with Gasteiger partial charge in [0.05, 0.1) is 12.6 Å². The summed E-state index contributed by atoms with van der Waals surface area (Å²) in [6.45, 7) is 1.13. The Balaban J connectivity index is 1.61. The molecule has 1 aliphatic rings. The number of anilines is 1. The Bertz CT molecular complexity index is 824. The summed E-state index contributed by atoms with van der Waals surface area (Å²) in [5, 5.41) is 0.248. The molecule has 3 aromatic rings. The Morgan fingerprint density at radius 3 is 2.46 bits per heavy atom. The smallest absolute Gasteiger partial charge is 0.224 e. The van der Waals surface area contributed by atoms with E-state index in [4.69, 9.17) is 16.3 Å². The number of halogens is 1.